The monoisotopic (exact) mass is 258 g/mol. The van der Waals surface area contributed by atoms with E-state index in [0.717, 1.165) is 25.9 Å². The van der Waals surface area contributed by atoms with Crippen LogP contribution in [-0.2, 0) is 4.79 Å². The molecule has 0 aromatic heterocycles. The molecule has 92 valence electrons. The Labute approximate surface area is 103 Å². The molecule has 0 amide bonds. The Morgan fingerprint density at radius 2 is 1.93 bits per heavy atom. The maximum atomic E-state index is 10.2. The maximum Gasteiger partial charge on any atom is 0.304 e. The summed E-state index contributed by atoms with van der Waals surface area (Å²) < 4.78 is 0. The fourth-order valence-electron chi connectivity index (χ4n) is 1.60. The summed E-state index contributed by atoms with van der Waals surface area (Å²) in [5.74, 6) is -0.722. The van der Waals surface area contributed by atoms with E-state index in [-0.39, 0.29) is 31.2 Å². The quantitative estimate of drug-likeness (QED) is 0.790. The highest BCUT2D eigenvalue weighted by Gasteiger charge is 2.15. The minimum absolute atomic E-state index is 0. The molecule has 2 N–H and O–H groups in total. The first kappa shape index (κ1) is 17.4. The average molecular weight is 259 g/mol. The third kappa shape index (κ3) is 7.85. The molecule has 1 saturated heterocycles. The van der Waals surface area contributed by atoms with Crippen LogP contribution in [0.4, 0.5) is 0 Å². The van der Waals surface area contributed by atoms with Crippen LogP contribution < -0.4 is 5.32 Å². The molecule has 1 aliphatic heterocycles. The van der Waals surface area contributed by atoms with Crippen LogP contribution in [0.25, 0.3) is 0 Å². The maximum absolute atomic E-state index is 10.2. The molecule has 0 bridgehead atoms. The van der Waals surface area contributed by atoms with Gasteiger partial charge in [-0.1, -0.05) is 0 Å². The predicted molar refractivity (Wildman–Crippen MR) is 65.3 cm³/mol. The highest BCUT2D eigenvalue weighted by Crippen LogP contribution is 2.07. The van der Waals surface area contributed by atoms with Crippen molar-refractivity contribution in [3.05, 3.63) is 0 Å². The van der Waals surface area contributed by atoms with Gasteiger partial charge in [-0.15, -0.1) is 24.8 Å². The summed E-state index contributed by atoms with van der Waals surface area (Å²) in [5.41, 5.74) is 0. The first-order valence-corrected chi connectivity index (χ1v) is 4.82. The van der Waals surface area contributed by atoms with Crippen molar-refractivity contribution in [1.29, 1.82) is 0 Å². The first-order chi connectivity index (χ1) is 6.18. The number of carboxylic acid groups (broad SMARTS) is 1. The predicted octanol–water partition coefficient (Wildman–Crippen LogP) is 0.988. The topological polar surface area (TPSA) is 52.6 Å². The van der Waals surface area contributed by atoms with Gasteiger partial charge < -0.3 is 15.3 Å². The SMILES string of the molecule is CN1CCC(NCCC(=O)O)CC1.Cl.Cl. The van der Waals surface area contributed by atoms with Gasteiger partial charge in [0.2, 0.25) is 0 Å². The van der Waals surface area contributed by atoms with Crippen LogP contribution in [0.5, 0.6) is 0 Å². The minimum Gasteiger partial charge on any atom is -0.481 e. The lowest BCUT2D eigenvalue weighted by Crippen LogP contribution is -2.41. The van der Waals surface area contributed by atoms with Crippen LogP contribution in [0.1, 0.15) is 19.3 Å². The molecule has 0 aromatic carbocycles. The van der Waals surface area contributed by atoms with E-state index in [1.165, 1.54) is 0 Å². The highest BCUT2D eigenvalue weighted by atomic mass is 35.5. The molecule has 1 heterocycles. The Morgan fingerprint density at radius 3 is 2.40 bits per heavy atom. The van der Waals surface area contributed by atoms with Gasteiger partial charge >= 0.3 is 5.97 Å². The highest BCUT2D eigenvalue weighted by molar-refractivity contribution is 5.85. The van der Waals surface area contributed by atoms with E-state index >= 15 is 0 Å². The van der Waals surface area contributed by atoms with Gasteiger partial charge in [0.05, 0.1) is 6.42 Å². The second-order valence-electron chi connectivity index (χ2n) is 3.68. The van der Waals surface area contributed by atoms with Crippen molar-refractivity contribution in [2.75, 3.05) is 26.7 Å². The van der Waals surface area contributed by atoms with Gasteiger partial charge in [0, 0.05) is 12.6 Å². The zero-order chi connectivity index (χ0) is 9.68. The number of carboxylic acids is 1. The Balaban J connectivity index is 0. The van der Waals surface area contributed by atoms with Crippen LogP contribution in [0.15, 0.2) is 0 Å². The molecule has 0 saturated carbocycles. The molecular formula is C9H20Cl2N2O2. The second kappa shape index (κ2) is 9.21. The summed E-state index contributed by atoms with van der Waals surface area (Å²) in [7, 11) is 2.12. The van der Waals surface area contributed by atoms with Crippen molar-refractivity contribution in [3.63, 3.8) is 0 Å². The summed E-state index contributed by atoms with van der Waals surface area (Å²) in [5, 5.41) is 11.7. The molecule has 0 spiro atoms. The van der Waals surface area contributed by atoms with Gasteiger partial charge in [-0.25, -0.2) is 0 Å². The number of rotatable bonds is 4. The minimum atomic E-state index is -0.722. The van der Waals surface area contributed by atoms with E-state index in [9.17, 15) is 4.79 Å². The van der Waals surface area contributed by atoms with Crippen molar-refractivity contribution in [3.8, 4) is 0 Å². The molecular weight excluding hydrogens is 239 g/mol. The van der Waals surface area contributed by atoms with E-state index in [0.29, 0.717) is 12.6 Å². The molecule has 0 radical (unpaired) electrons. The number of hydrogen-bond donors (Lipinski definition) is 2. The molecule has 0 unspecified atom stereocenters. The number of carbonyl (C=O) groups is 1. The summed E-state index contributed by atoms with van der Waals surface area (Å²) in [4.78, 5) is 12.5. The average Bonchev–Trinajstić information content (AvgIpc) is 2.08. The van der Waals surface area contributed by atoms with Gasteiger partial charge in [-0.2, -0.15) is 0 Å². The lowest BCUT2D eigenvalue weighted by atomic mass is 10.1. The Bertz CT molecular complexity index is 173. The zero-order valence-electron chi connectivity index (χ0n) is 8.94. The number of nitrogens with zero attached hydrogens (tertiary/aromatic N) is 1. The molecule has 0 aliphatic carbocycles. The van der Waals surface area contributed by atoms with Gasteiger partial charge in [0.15, 0.2) is 0 Å². The van der Waals surface area contributed by atoms with E-state index in [1.54, 1.807) is 0 Å². The third-order valence-corrected chi connectivity index (χ3v) is 2.49. The molecule has 1 rings (SSSR count). The molecule has 4 nitrogen and oxygen atoms in total. The van der Waals surface area contributed by atoms with Crippen LogP contribution in [-0.4, -0.2) is 48.7 Å². The van der Waals surface area contributed by atoms with E-state index < -0.39 is 5.97 Å². The second-order valence-corrected chi connectivity index (χ2v) is 3.68. The van der Waals surface area contributed by atoms with Gasteiger partial charge in [0.1, 0.15) is 0 Å². The largest absolute Gasteiger partial charge is 0.481 e. The van der Waals surface area contributed by atoms with Crippen LogP contribution in [0.2, 0.25) is 0 Å². The molecule has 0 aromatic rings. The molecule has 1 aliphatic rings. The lowest BCUT2D eigenvalue weighted by Gasteiger charge is -2.29. The van der Waals surface area contributed by atoms with Crippen molar-refractivity contribution in [2.24, 2.45) is 0 Å². The van der Waals surface area contributed by atoms with E-state index in [1.807, 2.05) is 0 Å². The number of likely N-dealkylation sites (tertiary alicyclic amines) is 1. The van der Waals surface area contributed by atoms with Crippen LogP contribution >= 0.6 is 24.8 Å². The van der Waals surface area contributed by atoms with Crippen molar-refractivity contribution < 1.29 is 9.90 Å². The Kier molecular flexibility index (Phi) is 10.7. The van der Waals surface area contributed by atoms with Crippen molar-refractivity contribution in [1.82, 2.24) is 10.2 Å². The number of nitrogens with one attached hydrogen (secondary N) is 1. The normalized spacial score (nSPS) is 17.7. The Hall–Kier alpha value is -0.0300. The lowest BCUT2D eigenvalue weighted by molar-refractivity contribution is -0.136. The summed E-state index contributed by atoms with van der Waals surface area (Å²) in [6, 6.07) is 0.524. The number of piperidine rings is 1. The summed E-state index contributed by atoms with van der Waals surface area (Å²) in [6.45, 7) is 2.83. The van der Waals surface area contributed by atoms with Gasteiger partial charge in [-0.05, 0) is 33.0 Å². The molecule has 1 fully saturated rings. The fourth-order valence-corrected chi connectivity index (χ4v) is 1.60. The Morgan fingerprint density at radius 1 is 1.40 bits per heavy atom. The molecule has 0 atom stereocenters. The first-order valence-electron chi connectivity index (χ1n) is 4.82. The van der Waals surface area contributed by atoms with Crippen LogP contribution in [0, 0.1) is 0 Å². The van der Waals surface area contributed by atoms with Gasteiger partial charge in [0.25, 0.3) is 0 Å². The third-order valence-electron chi connectivity index (χ3n) is 2.49. The number of halogens is 2. The van der Waals surface area contributed by atoms with E-state index in [4.69, 9.17) is 5.11 Å². The summed E-state index contributed by atoms with van der Waals surface area (Å²) in [6.07, 6.45) is 2.50. The van der Waals surface area contributed by atoms with E-state index in [2.05, 4.69) is 17.3 Å². The number of aliphatic carboxylic acids is 1. The molecule has 15 heavy (non-hydrogen) atoms. The van der Waals surface area contributed by atoms with Crippen molar-refractivity contribution in [2.45, 2.75) is 25.3 Å². The standard InChI is InChI=1S/C9H18N2O2.2ClH/c1-11-6-3-8(4-7-11)10-5-2-9(12)13;;/h8,10H,2-7H2,1H3,(H,12,13);2*1H. The van der Waals surface area contributed by atoms with Gasteiger partial charge in [-0.3, -0.25) is 4.79 Å². The number of hydrogen-bond acceptors (Lipinski definition) is 3. The zero-order valence-corrected chi connectivity index (χ0v) is 10.6. The van der Waals surface area contributed by atoms with Crippen LogP contribution in [0.3, 0.4) is 0 Å². The smallest absolute Gasteiger partial charge is 0.304 e. The van der Waals surface area contributed by atoms with Crippen molar-refractivity contribution >= 4 is 30.8 Å². The fraction of sp³-hybridized carbons (Fsp3) is 0.889. The molecule has 6 heteroatoms. The summed E-state index contributed by atoms with van der Waals surface area (Å²) >= 11 is 0.